The van der Waals surface area contributed by atoms with Crippen molar-refractivity contribution in [3.8, 4) is 0 Å². The number of amides is 2. The van der Waals surface area contributed by atoms with Crippen molar-refractivity contribution in [1.82, 2.24) is 10.2 Å². The SMILES string of the molecule is CC[C@@H](C)NC(=O)[C@@H]1C[C@H](c2ccccc2)CN(C(=O)c2ccc(F)cc2)C1. The molecule has 4 nitrogen and oxygen atoms in total. The molecule has 0 aliphatic carbocycles. The topological polar surface area (TPSA) is 49.4 Å². The van der Waals surface area contributed by atoms with Crippen LogP contribution in [0.2, 0.25) is 0 Å². The summed E-state index contributed by atoms with van der Waals surface area (Å²) in [6.07, 6.45) is 1.57. The first-order valence-electron chi connectivity index (χ1n) is 9.88. The number of carbonyl (C=O) groups is 2. The highest BCUT2D eigenvalue weighted by Crippen LogP contribution is 2.31. The highest BCUT2D eigenvalue weighted by Gasteiger charge is 2.35. The van der Waals surface area contributed by atoms with Gasteiger partial charge in [-0.1, -0.05) is 37.3 Å². The lowest BCUT2D eigenvalue weighted by Crippen LogP contribution is -2.49. The molecule has 0 saturated carbocycles. The Bertz CT molecular complexity index is 807. The summed E-state index contributed by atoms with van der Waals surface area (Å²) in [4.78, 5) is 27.5. The molecule has 1 aliphatic rings. The van der Waals surface area contributed by atoms with Crippen LogP contribution in [0.5, 0.6) is 0 Å². The summed E-state index contributed by atoms with van der Waals surface area (Å²) in [5.41, 5.74) is 1.57. The third kappa shape index (κ3) is 4.77. The zero-order chi connectivity index (χ0) is 20.1. The number of benzene rings is 2. The van der Waals surface area contributed by atoms with Gasteiger partial charge in [-0.25, -0.2) is 4.39 Å². The smallest absolute Gasteiger partial charge is 0.253 e. The summed E-state index contributed by atoms with van der Waals surface area (Å²) in [5.74, 6) is -0.721. The van der Waals surface area contributed by atoms with Crippen LogP contribution < -0.4 is 5.32 Å². The van der Waals surface area contributed by atoms with Gasteiger partial charge in [0.25, 0.3) is 5.91 Å². The fourth-order valence-corrected chi connectivity index (χ4v) is 3.66. The molecule has 1 heterocycles. The Morgan fingerprint density at radius 2 is 1.79 bits per heavy atom. The van der Waals surface area contributed by atoms with E-state index in [1.54, 1.807) is 4.90 Å². The van der Waals surface area contributed by atoms with Crippen LogP contribution >= 0.6 is 0 Å². The summed E-state index contributed by atoms with van der Waals surface area (Å²) in [7, 11) is 0. The summed E-state index contributed by atoms with van der Waals surface area (Å²) in [6.45, 7) is 4.94. The first kappa shape index (κ1) is 20.1. The van der Waals surface area contributed by atoms with Crippen molar-refractivity contribution >= 4 is 11.8 Å². The molecule has 3 atom stereocenters. The molecule has 1 fully saturated rings. The molecule has 0 unspecified atom stereocenters. The fraction of sp³-hybridized carbons (Fsp3) is 0.391. The van der Waals surface area contributed by atoms with Gasteiger partial charge in [0.05, 0.1) is 5.92 Å². The van der Waals surface area contributed by atoms with E-state index in [0.29, 0.717) is 25.1 Å². The van der Waals surface area contributed by atoms with Crippen LogP contribution in [0.15, 0.2) is 54.6 Å². The quantitative estimate of drug-likeness (QED) is 0.850. The molecule has 1 aliphatic heterocycles. The maximum Gasteiger partial charge on any atom is 0.253 e. The number of halogens is 1. The minimum atomic E-state index is -0.372. The number of rotatable bonds is 5. The van der Waals surface area contributed by atoms with E-state index in [1.807, 2.05) is 44.2 Å². The first-order valence-corrected chi connectivity index (χ1v) is 9.88. The average Bonchev–Trinajstić information content (AvgIpc) is 2.74. The van der Waals surface area contributed by atoms with E-state index in [0.717, 1.165) is 12.0 Å². The average molecular weight is 382 g/mol. The number of piperidine rings is 1. The second kappa shape index (κ2) is 9.00. The lowest BCUT2D eigenvalue weighted by molar-refractivity contribution is -0.127. The van der Waals surface area contributed by atoms with E-state index < -0.39 is 0 Å². The molecule has 2 aromatic carbocycles. The van der Waals surface area contributed by atoms with E-state index >= 15 is 0 Å². The molecule has 0 aromatic heterocycles. The highest BCUT2D eigenvalue weighted by molar-refractivity contribution is 5.94. The molecule has 2 amide bonds. The summed E-state index contributed by atoms with van der Waals surface area (Å²) in [5, 5.41) is 3.05. The third-order valence-electron chi connectivity index (χ3n) is 5.47. The minimum absolute atomic E-state index is 0.00751. The molecule has 1 N–H and O–H groups in total. The largest absolute Gasteiger partial charge is 0.353 e. The molecule has 1 saturated heterocycles. The zero-order valence-electron chi connectivity index (χ0n) is 16.4. The lowest BCUT2D eigenvalue weighted by Gasteiger charge is -2.38. The second-order valence-electron chi connectivity index (χ2n) is 7.58. The molecule has 2 aromatic rings. The summed E-state index contributed by atoms with van der Waals surface area (Å²) < 4.78 is 13.2. The van der Waals surface area contributed by atoms with E-state index in [1.165, 1.54) is 24.3 Å². The van der Waals surface area contributed by atoms with Gasteiger partial charge >= 0.3 is 0 Å². The van der Waals surface area contributed by atoms with Gasteiger partial charge in [0.15, 0.2) is 0 Å². The Labute approximate surface area is 165 Å². The first-order chi connectivity index (χ1) is 13.5. The third-order valence-corrected chi connectivity index (χ3v) is 5.47. The Kier molecular flexibility index (Phi) is 6.45. The van der Waals surface area contributed by atoms with E-state index in [-0.39, 0.29) is 35.5 Å². The molecule has 0 bridgehead atoms. The van der Waals surface area contributed by atoms with Crippen molar-refractivity contribution < 1.29 is 14.0 Å². The van der Waals surface area contributed by atoms with Crippen LogP contribution in [0.1, 0.15) is 48.5 Å². The number of hydrogen-bond donors (Lipinski definition) is 1. The predicted octanol–water partition coefficient (Wildman–Crippen LogP) is 3.99. The van der Waals surface area contributed by atoms with Gasteiger partial charge < -0.3 is 10.2 Å². The van der Waals surface area contributed by atoms with Gasteiger partial charge in [-0.05, 0) is 49.6 Å². The van der Waals surface area contributed by atoms with E-state index in [9.17, 15) is 14.0 Å². The predicted molar refractivity (Wildman–Crippen MR) is 107 cm³/mol. The van der Waals surface area contributed by atoms with Crippen molar-refractivity contribution in [3.05, 3.63) is 71.5 Å². The van der Waals surface area contributed by atoms with E-state index in [2.05, 4.69) is 5.32 Å². The van der Waals surface area contributed by atoms with Gasteiger partial charge in [0, 0.05) is 30.6 Å². The van der Waals surface area contributed by atoms with Gasteiger partial charge in [-0.3, -0.25) is 9.59 Å². The lowest BCUT2D eigenvalue weighted by atomic mass is 9.83. The van der Waals surface area contributed by atoms with Crippen LogP contribution in [0.25, 0.3) is 0 Å². The molecule has 5 heteroatoms. The highest BCUT2D eigenvalue weighted by atomic mass is 19.1. The maximum atomic E-state index is 13.2. The Morgan fingerprint density at radius 3 is 2.43 bits per heavy atom. The second-order valence-corrected chi connectivity index (χ2v) is 7.58. The number of hydrogen-bond acceptors (Lipinski definition) is 2. The van der Waals surface area contributed by atoms with Crippen molar-refractivity contribution in [3.63, 3.8) is 0 Å². The zero-order valence-corrected chi connectivity index (χ0v) is 16.4. The standard InChI is InChI=1S/C23H27FN2O2/c1-3-16(2)25-22(27)20-13-19(17-7-5-4-6-8-17)14-26(15-20)23(28)18-9-11-21(24)12-10-18/h4-12,16,19-20H,3,13-15H2,1-2H3,(H,25,27)/t16-,19+,20-/m1/s1. The van der Waals surface area contributed by atoms with Crippen molar-refractivity contribution in [2.45, 2.75) is 38.6 Å². The monoisotopic (exact) mass is 382 g/mol. The molecular formula is C23H27FN2O2. The van der Waals surface area contributed by atoms with Crippen LogP contribution in [0, 0.1) is 11.7 Å². The number of nitrogens with one attached hydrogen (secondary N) is 1. The number of carbonyl (C=O) groups excluding carboxylic acids is 2. The van der Waals surface area contributed by atoms with E-state index in [4.69, 9.17) is 0 Å². The van der Waals surface area contributed by atoms with Crippen LogP contribution in [0.4, 0.5) is 4.39 Å². The number of likely N-dealkylation sites (tertiary alicyclic amines) is 1. The van der Waals surface area contributed by atoms with Gasteiger partial charge in [0.2, 0.25) is 5.91 Å². The molecule has 0 spiro atoms. The van der Waals surface area contributed by atoms with Gasteiger partial charge in [-0.2, -0.15) is 0 Å². The normalized spacial score (nSPS) is 20.5. The molecule has 28 heavy (non-hydrogen) atoms. The van der Waals surface area contributed by atoms with Crippen LogP contribution in [0.3, 0.4) is 0 Å². The molecule has 148 valence electrons. The van der Waals surface area contributed by atoms with Gasteiger partial charge in [-0.15, -0.1) is 0 Å². The van der Waals surface area contributed by atoms with Crippen LogP contribution in [-0.2, 0) is 4.79 Å². The Morgan fingerprint density at radius 1 is 1.11 bits per heavy atom. The molecule has 0 radical (unpaired) electrons. The maximum absolute atomic E-state index is 13.2. The Hall–Kier alpha value is -2.69. The van der Waals surface area contributed by atoms with Crippen molar-refractivity contribution in [2.24, 2.45) is 5.92 Å². The van der Waals surface area contributed by atoms with Gasteiger partial charge in [0.1, 0.15) is 5.82 Å². The fourth-order valence-electron chi connectivity index (χ4n) is 3.66. The minimum Gasteiger partial charge on any atom is -0.353 e. The molecule has 3 rings (SSSR count). The molecular weight excluding hydrogens is 355 g/mol. The van der Waals surface area contributed by atoms with Crippen molar-refractivity contribution in [2.75, 3.05) is 13.1 Å². The Balaban J connectivity index is 1.83. The van der Waals surface area contributed by atoms with Crippen molar-refractivity contribution in [1.29, 1.82) is 0 Å². The summed E-state index contributed by atoms with van der Waals surface area (Å²) in [6, 6.07) is 15.7. The van der Waals surface area contributed by atoms with Crippen LogP contribution in [-0.4, -0.2) is 35.8 Å². The number of nitrogens with zero attached hydrogens (tertiary/aromatic N) is 1. The summed E-state index contributed by atoms with van der Waals surface area (Å²) >= 11 is 0.